The van der Waals surface area contributed by atoms with Gasteiger partial charge in [-0.05, 0) is 32.9 Å². The van der Waals surface area contributed by atoms with Crippen LogP contribution in [0.15, 0.2) is 18.3 Å². The molecule has 16 heavy (non-hydrogen) atoms. The fourth-order valence-corrected chi connectivity index (χ4v) is 2.81. The molecular weight excluding hydrogens is 200 g/mol. The quantitative estimate of drug-likeness (QED) is 0.721. The summed E-state index contributed by atoms with van der Waals surface area (Å²) in [4.78, 5) is 6.81. The summed E-state index contributed by atoms with van der Waals surface area (Å²) in [6, 6.07) is 4.79. The lowest BCUT2D eigenvalue weighted by Gasteiger charge is -2.36. The molecule has 0 aliphatic carbocycles. The van der Waals surface area contributed by atoms with Crippen molar-refractivity contribution in [2.75, 3.05) is 13.1 Å². The van der Waals surface area contributed by atoms with Gasteiger partial charge in [-0.15, -0.1) is 0 Å². The van der Waals surface area contributed by atoms with Crippen molar-refractivity contribution in [3.8, 4) is 5.88 Å². The van der Waals surface area contributed by atoms with Gasteiger partial charge in [0, 0.05) is 30.3 Å². The molecule has 86 valence electrons. The first kappa shape index (κ1) is 10.1. The van der Waals surface area contributed by atoms with E-state index in [1.165, 1.54) is 18.5 Å². The summed E-state index contributed by atoms with van der Waals surface area (Å²) in [5, 5.41) is 0. The van der Waals surface area contributed by atoms with Gasteiger partial charge in [0.15, 0.2) is 0 Å². The number of fused-ring (bicyclic) bond motifs is 3. The first-order valence-corrected chi connectivity index (χ1v) is 6.11. The molecule has 3 nitrogen and oxygen atoms in total. The van der Waals surface area contributed by atoms with Gasteiger partial charge in [0.05, 0.1) is 0 Å². The van der Waals surface area contributed by atoms with Crippen LogP contribution < -0.4 is 4.74 Å². The molecule has 1 aromatic rings. The van der Waals surface area contributed by atoms with E-state index in [9.17, 15) is 0 Å². The predicted molar refractivity (Wildman–Crippen MR) is 62.7 cm³/mol. The molecule has 2 aliphatic heterocycles. The summed E-state index contributed by atoms with van der Waals surface area (Å²) in [7, 11) is 0. The van der Waals surface area contributed by atoms with Crippen LogP contribution in [0.4, 0.5) is 0 Å². The zero-order valence-corrected chi connectivity index (χ0v) is 9.89. The molecule has 0 N–H and O–H groups in total. The van der Waals surface area contributed by atoms with E-state index in [0.29, 0.717) is 18.1 Å². The topological polar surface area (TPSA) is 25.4 Å². The van der Waals surface area contributed by atoms with Crippen LogP contribution in [0.3, 0.4) is 0 Å². The van der Waals surface area contributed by atoms with E-state index in [2.05, 4.69) is 29.8 Å². The maximum atomic E-state index is 5.94. The van der Waals surface area contributed by atoms with E-state index < -0.39 is 0 Å². The third-order valence-corrected chi connectivity index (χ3v) is 3.78. The number of likely N-dealkylation sites (tertiary alicyclic amines) is 1. The molecule has 0 spiro atoms. The second-order valence-electron chi connectivity index (χ2n) is 5.04. The van der Waals surface area contributed by atoms with Crippen LogP contribution >= 0.6 is 0 Å². The zero-order valence-electron chi connectivity index (χ0n) is 9.89. The smallest absolute Gasteiger partial charge is 0.217 e. The summed E-state index contributed by atoms with van der Waals surface area (Å²) < 4.78 is 5.94. The van der Waals surface area contributed by atoms with Gasteiger partial charge < -0.3 is 4.74 Å². The van der Waals surface area contributed by atoms with Crippen LogP contribution in [0.5, 0.6) is 5.88 Å². The number of hydrogen-bond acceptors (Lipinski definition) is 3. The minimum Gasteiger partial charge on any atom is -0.472 e. The SMILES string of the molecule is CC(C)N1CCC2c3cccnc3OC2C1. The number of rotatable bonds is 1. The molecular formula is C13H18N2O. The van der Waals surface area contributed by atoms with E-state index in [-0.39, 0.29) is 0 Å². The maximum absolute atomic E-state index is 5.94. The number of hydrogen-bond donors (Lipinski definition) is 0. The van der Waals surface area contributed by atoms with E-state index >= 15 is 0 Å². The number of ether oxygens (including phenoxy) is 1. The average molecular weight is 218 g/mol. The number of piperidine rings is 1. The zero-order chi connectivity index (χ0) is 11.1. The van der Waals surface area contributed by atoms with Crippen molar-refractivity contribution in [1.29, 1.82) is 0 Å². The van der Waals surface area contributed by atoms with Gasteiger partial charge in [-0.2, -0.15) is 0 Å². The van der Waals surface area contributed by atoms with Gasteiger partial charge in [-0.3, -0.25) is 4.90 Å². The minimum absolute atomic E-state index is 0.320. The van der Waals surface area contributed by atoms with Crippen LogP contribution in [0.1, 0.15) is 31.7 Å². The summed E-state index contributed by atoms with van der Waals surface area (Å²) >= 11 is 0. The Morgan fingerprint density at radius 2 is 2.38 bits per heavy atom. The Kier molecular flexibility index (Phi) is 2.36. The molecule has 2 atom stereocenters. The highest BCUT2D eigenvalue weighted by molar-refractivity contribution is 5.35. The second kappa shape index (κ2) is 3.74. The van der Waals surface area contributed by atoms with E-state index in [1.54, 1.807) is 0 Å². The molecule has 0 bridgehead atoms. The Balaban J connectivity index is 1.82. The predicted octanol–water partition coefficient (Wildman–Crippen LogP) is 2.04. The van der Waals surface area contributed by atoms with Crippen LogP contribution in [-0.4, -0.2) is 35.1 Å². The van der Waals surface area contributed by atoms with Crippen LogP contribution in [0.25, 0.3) is 0 Å². The first-order chi connectivity index (χ1) is 7.75. The monoisotopic (exact) mass is 218 g/mol. The van der Waals surface area contributed by atoms with Gasteiger partial charge in [-0.1, -0.05) is 6.07 Å². The first-order valence-electron chi connectivity index (χ1n) is 6.11. The molecule has 2 unspecified atom stereocenters. The largest absolute Gasteiger partial charge is 0.472 e. The van der Waals surface area contributed by atoms with Gasteiger partial charge in [0.2, 0.25) is 5.88 Å². The third-order valence-electron chi connectivity index (χ3n) is 3.78. The summed E-state index contributed by atoms with van der Waals surface area (Å²) in [5.41, 5.74) is 1.32. The van der Waals surface area contributed by atoms with Gasteiger partial charge >= 0.3 is 0 Å². The maximum Gasteiger partial charge on any atom is 0.217 e. The van der Waals surface area contributed by atoms with Crippen molar-refractivity contribution in [3.05, 3.63) is 23.9 Å². The Labute approximate surface area is 96.4 Å². The van der Waals surface area contributed by atoms with Crippen molar-refractivity contribution >= 4 is 0 Å². The van der Waals surface area contributed by atoms with Crippen molar-refractivity contribution in [2.24, 2.45) is 0 Å². The average Bonchev–Trinajstić information content (AvgIpc) is 2.66. The summed E-state index contributed by atoms with van der Waals surface area (Å²) in [6.07, 6.45) is 3.33. The molecule has 2 aliphatic rings. The summed E-state index contributed by atoms with van der Waals surface area (Å²) in [5.74, 6) is 1.43. The standard InChI is InChI=1S/C13H18N2O/c1-9(2)15-7-5-10-11-4-3-6-14-13(11)16-12(10)8-15/h3-4,6,9-10,12H,5,7-8H2,1-2H3. The Morgan fingerprint density at radius 1 is 1.50 bits per heavy atom. The lowest BCUT2D eigenvalue weighted by Crippen LogP contribution is -2.46. The van der Waals surface area contributed by atoms with Crippen molar-refractivity contribution < 1.29 is 4.74 Å². The summed E-state index contributed by atoms with van der Waals surface area (Å²) in [6.45, 7) is 6.72. The van der Waals surface area contributed by atoms with Crippen molar-refractivity contribution in [2.45, 2.75) is 38.3 Å². The molecule has 0 aromatic carbocycles. The molecule has 3 heterocycles. The van der Waals surface area contributed by atoms with Gasteiger partial charge in [0.25, 0.3) is 0 Å². The minimum atomic E-state index is 0.320. The molecule has 1 fully saturated rings. The Bertz CT molecular complexity index is 391. The highest BCUT2D eigenvalue weighted by atomic mass is 16.5. The Morgan fingerprint density at radius 3 is 3.19 bits per heavy atom. The number of nitrogens with zero attached hydrogens (tertiary/aromatic N) is 2. The molecule has 0 amide bonds. The molecule has 1 aromatic heterocycles. The highest BCUT2D eigenvalue weighted by Crippen LogP contribution is 2.41. The van der Waals surface area contributed by atoms with E-state index in [0.717, 1.165) is 12.4 Å². The van der Waals surface area contributed by atoms with Crippen LogP contribution in [-0.2, 0) is 0 Å². The number of pyridine rings is 1. The lowest BCUT2D eigenvalue weighted by atomic mass is 9.89. The normalized spacial score (nSPS) is 28.7. The molecule has 0 radical (unpaired) electrons. The van der Waals surface area contributed by atoms with Crippen LogP contribution in [0.2, 0.25) is 0 Å². The lowest BCUT2D eigenvalue weighted by molar-refractivity contribution is 0.0711. The third kappa shape index (κ3) is 1.50. The van der Waals surface area contributed by atoms with Gasteiger partial charge in [0.1, 0.15) is 6.10 Å². The fraction of sp³-hybridized carbons (Fsp3) is 0.615. The van der Waals surface area contributed by atoms with Crippen molar-refractivity contribution in [1.82, 2.24) is 9.88 Å². The number of aromatic nitrogens is 1. The van der Waals surface area contributed by atoms with Crippen LogP contribution in [0, 0.1) is 0 Å². The molecule has 3 heteroatoms. The van der Waals surface area contributed by atoms with Crippen molar-refractivity contribution in [3.63, 3.8) is 0 Å². The Hall–Kier alpha value is -1.09. The second-order valence-corrected chi connectivity index (χ2v) is 5.04. The van der Waals surface area contributed by atoms with Gasteiger partial charge in [-0.25, -0.2) is 4.98 Å². The van der Waals surface area contributed by atoms with E-state index in [1.807, 2.05) is 12.3 Å². The van der Waals surface area contributed by atoms with E-state index in [4.69, 9.17) is 4.74 Å². The highest BCUT2D eigenvalue weighted by Gasteiger charge is 2.39. The molecule has 1 saturated heterocycles. The fourth-order valence-electron chi connectivity index (χ4n) is 2.81. The molecule has 3 rings (SSSR count). The molecule has 0 saturated carbocycles.